The summed E-state index contributed by atoms with van der Waals surface area (Å²) < 4.78 is 5.29. The van der Waals surface area contributed by atoms with E-state index in [4.69, 9.17) is 4.74 Å². The SMILES string of the molecule is CCCC(=O)OC1CCCCC1.[SrH2]. The van der Waals surface area contributed by atoms with E-state index in [0.29, 0.717) is 6.42 Å². The Hall–Kier alpha value is 0.951. The predicted octanol–water partition coefficient (Wildman–Crippen LogP) is 1.75. The minimum atomic E-state index is -0.00981. The third-order valence-electron chi connectivity index (χ3n) is 2.30. The van der Waals surface area contributed by atoms with E-state index in [2.05, 4.69) is 0 Å². The molecule has 0 aromatic carbocycles. The van der Waals surface area contributed by atoms with Crippen molar-refractivity contribution in [3.8, 4) is 0 Å². The molecule has 1 saturated carbocycles. The topological polar surface area (TPSA) is 26.3 Å². The van der Waals surface area contributed by atoms with Crippen molar-refractivity contribution in [1.29, 1.82) is 0 Å². The molecule has 0 bridgehead atoms. The number of ether oxygens (including phenoxy) is 1. The maximum atomic E-state index is 11.1. The van der Waals surface area contributed by atoms with Crippen LogP contribution in [0.4, 0.5) is 0 Å². The number of carbonyl (C=O) groups is 1. The second kappa shape index (κ2) is 8.27. The fourth-order valence-corrected chi connectivity index (χ4v) is 1.63. The van der Waals surface area contributed by atoms with E-state index in [-0.39, 0.29) is 57.6 Å². The average Bonchev–Trinajstić information content (AvgIpc) is 2.06. The fraction of sp³-hybridized carbons (Fsp3) is 0.900. The molecular formula is C10H20O2Sr. The third-order valence-corrected chi connectivity index (χ3v) is 2.30. The average molecular weight is 260 g/mol. The van der Waals surface area contributed by atoms with Crippen LogP contribution in [-0.4, -0.2) is 57.6 Å². The number of carbonyl (C=O) groups excluding carboxylic acids is 1. The van der Waals surface area contributed by atoms with Gasteiger partial charge in [-0.25, -0.2) is 0 Å². The molecule has 3 heteroatoms. The van der Waals surface area contributed by atoms with E-state index in [1.807, 2.05) is 6.92 Å². The molecule has 0 aromatic heterocycles. The van der Waals surface area contributed by atoms with Crippen molar-refractivity contribution < 1.29 is 9.53 Å². The Bertz CT molecular complexity index is 142. The number of hydrogen-bond donors (Lipinski definition) is 0. The monoisotopic (exact) mass is 260 g/mol. The molecule has 0 amide bonds. The number of hydrogen-bond acceptors (Lipinski definition) is 2. The zero-order valence-electron chi connectivity index (χ0n) is 7.84. The van der Waals surface area contributed by atoms with Gasteiger partial charge < -0.3 is 4.74 Å². The van der Waals surface area contributed by atoms with Crippen molar-refractivity contribution >= 4 is 51.5 Å². The number of esters is 1. The molecule has 1 fully saturated rings. The summed E-state index contributed by atoms with van der Waals surface area (Å²) in [7, 11) is 0. The Labute approximate surface area is 118 Å². The van der Waals surface area contributed by atoms with Crippen LogP contribution in [0.5, 0.6) is 0 Å². The van der Waals surface area contributed by atoms with Crippen molar-refractivity contribution in [2.45, 2.75) is 58.0 Å². The van der Waals surface area contributed by atoms with Gasteiger partial charge in [-0.05, 0) is 32.1 Å². The van der Waals surface area contributed by atoms with Crippen LogP contribution in [0.15, 0.2) is 0 Å². The molecule has 13 heavy (non-hydrogen) atoms. The van der Waals surface area contributed by atoms with Crippen LogP contribution in [-0.2, 0) is 9.53 Å². The van der Waals surface area contributed by atoms with Gasteiger partial charge in [0.2, 0.25) is 0 Å². The second-order valence-corrected chi connectivity index (χ2v) is 3.50. The Kier molecular flexibility index (Phi) is 8.88. The normalized spacial score (nSPS) is 17.6. The molecule has 1 aliphatic rings. The van der Waals surface area contributed by atoms with Gasteiger partial charge in [-0.3, -0.25) is 4.79 Å². The Morgan fingerprint density at radius 1 is 1.31 bits per heavy atom. The molecule has 0 heterocycles. The van der Waals surface area contributed by atoms with Gasteiger partial charge in [0.15, 0.2) is 0 Å². The molecule has 1 aliphatic carbocycles. The first-order chi connectivity index (χ1) is 5.83. The summed E-state index contributed by atoms with van der Waals surface area (Å²) in [5.41, 5.74) is 0. The Morgan fingerprint density at radius 2 is 1.92 bits per heavy atom. The molecule has 0 unspecified atom stereocenters. The Morgan fingerprint density at radius 3 is 2.46 bits per heavy atom. The van der Waals surface area contributed by atoms with Gasteiger partial charge >= 0.3 is 51.5 Å². The van der Waals surface area contributed by atoms with Gasteiger partial charge in [0.1, 0.15) is 6.10 Å². The van der Waals surface area contributed by atoms with Gasteiger partial charge in [0.25, 0.3) is 0 Å². The summed E-state index contributed by atoms with van der Waals surface area (Å²) in [6.07, 6.45) is 7.63. The van der Waals surface area contributed by atoms with E-state index in [0.717, 1.165) is 19.3 Å². The summed E-state index contributed by atoms with van der Waals surface area (Å²) in [6, 6.07) is 0. The molecule has 0 N–H and O–H groups in total. The van der Waals surface area contributed by atoms with E-state index in [9.17, 15) is 4.79 Å². The van der Waals surface area contributed by atoms with Crippen LogP contribution >= 0.6 is 0 Å². The van der Waals surface area contributed by atoms with Gasteiger partial charge in [0.05, 0.1) is 0 Å². The van der Waals surface area contributed by atoms with Gasteiger partial charge in [0, 0.05) is 6.42 Å². The Balaban J connectivity index is 0.00000144. The third kappa shape index (κ3) is 6.10. The van der Waals surface area contributed by atoms with Gasteiger partial charge in [-0.15, -0.1) is 0 Å². The first kappa shape index (κ1) is 14.0. The first-order valence-electron chi connectivity index (χ1n) is 5.02. The summed E-state index contributed by atoms with van der Waals surface area (Å²) in [4.78, 5) is 11.1. The van der Waals surface area contributed by atoms with Crippen molar-refractivity contribution in [3.63, 3.8) is 0 Å². The predicted molar refractivity (Wildman–Crippen MR) is 56.4 cm³/mol. The van der Waals surface area contributed by atoms with Crippen LogP contribution in [0.25, 0.3) is 0 Å². The van der Waals surface area contributed by atoms with Crippen molar-refractivity contribution in [2.75, 3.05) is 0 Å². The molecule has 0 saturated heterocycles. The van der Waals surface area contributed by atoms with Crippen molar-refractivity contribution in [3.05, 3.63) is 0 Å². The van der Waals surface area contributed by atoms with Crippen LogP contribution in [0.2, 0.25) is 0 Å². The first-order valence-corrected chi connectivity index (χ1v) is 5.02. The molecule has 2 nitrogen and oxygen atoms in total. The summed E-state index contributed by atoms with van der Waals surface area (Å²) in [5, 5.41) is 0. The standard InChI is InChI=1S/C10H18O2.Sr.2H/c1-2-6-10(11)12-9-7-4-3-5-8-9;;;/h9H,2-8H2,1H3;;;. The second-order valence-electron chi connectivity index (χ2n) is 3.50. The van der Waals surface area contributed by atoms with Crippen LogP contribution in [0.1, 0.15) is 51.9 Å². The molecular weight excluding hydrogens is 240 g/mol. The quantitative estimate of drug-likeness (QED) is 0.570. The van der Waals surface area contributed by atoms with E-state index in [1.165, 1.54) is 19.3 Å². The molecule has 0 spiro atoms. The number of rotatable bonds is 3. The summed E-state index contributed by atoms with van der Waals surface area (Å²) >= 11 is 0. The zero-order chi connectivity index (χ0) is 8.81. The minimum absolute atomic E-state index is 0. The van der Waals surface area contributed by atoms with Crippen molar-refractivity contribution in [2.24, 2.45) is 0 Å². The molecule has 0 aromatic rings. The molecule has 74 valence electrons. The summed E-state index contributed by atoms with van der Waals surface area (Å²) in [6.45, 7) is 2.00. The fourth-order valence-electron chi connectivity index (χ4n) is 1.63. The van der Waals surface area contributed by atoms with E-state index < -0.39 is 0 Å². The molecule has 1 rings (SSSR count). The van der Waals surface area contributed by atoms with Crippen LogP contribution in [0, 0.1) is 0 Å². The van der Waals surface area contributed by atoms with Gasteiger partial charge in [-0.2, -0.15) is 0 Å². The van der Waals surface area contributed by atoms with E-state index >= 15 is 0 Å². The van der Waals surface area contributed by atoms with Crippen molar-refractivity contribution in [1.82, 2.24) is 0 Å². The molecule has 0 aliphatic heterocycles. The maximum absolute atomic E-state index is 11.1. The van der Waals surface area contributed by atoms with Gasteiger partial charge in [-0.1, -0.05) is 13.3 Å². The zero-order valence-corrected chi connectivity index (χ0v) is 7.84. The molecule has 0 radical (unpaired) electrons. The molecule has 0 atom stereocenters. The van der Waals surface area contributed by atoms with Crippen LogP contribution in [0.3, 0.4) is 0 Å². The van der Waals surface area contributed by atoms with E-state index in [1.54, 1.807) is 0 Å². The van der Waals surface area contributed by atoms with Crippen LogP contribution < -0.4 is 0 Å². The summed E-state index contributed by atoms with van der Waals surface area (Å²) in [5.74, 6) is -0.00981.